The van der Waals surface area contributed by atoms with Crippen LogP contribution in [0.4, 0.5) is 0 Å². The minimum atomic E-state index is -0.174. The van der Waals surface area contributed by atoms with Crippen molar-refractivity contribution in [3.63, 3.8) is 0 Å². The lowest BCUT2D eigenvalue weighted by Crippen LogP contribution is -2.40. The molecule has 0 saturated heterocycles. The molecule has 0 N–H and O–H groups in total. The molecule has 4 rings (SSSR count). The second kappa shape index (κ2) is 13.0. The number of allylic oxidation sites excluding steroid dienone is 2. The lowest BCUT2D eigenvalue weighted by molar-refractivity contribution is -0.139. The van der Waals surface area contributed by atoms with Crippen LogP contribution in [0, 0.1) is 24.2 Å². The number of benzene rings is 2. The van der Waals surface area contributed by atoms with Crippen molar-refractivity contribution >= 4 is 22.6 Å². The summed E-state index contributed by atoms with van der Waals surface area (Å²) in [6, 6.07) is 17.5. The van der Waals surface area contributed by atoms with Crippen LogP contribution in [0.25, 0.3) is 22.2 Å². The third-order valence-corrected chi connectivity index (χ3v) is 8.49. The summed E-state index contributed by atoms with van der Waals surface area (Å²) in [4.78, 5) is 28.9. The first-order valence-electron chi connectivity index (χ1n) is 15.3. The number of nitrogens with zero attached hydrogens (tertiary/aromatic N) is 2. The number of amides is 1. The fourth-order valence-corrected chi connectivity index (χ4v) is 6.31. The van der Waals surface area contributed by atoms with E-state index < -0.39 is 0 Å². The van der Waals surface area contributed by atoms with E-state index in [0.29, 0.717) is 0 Å². The van der Waals surface area contributed by atoms with Gasteiger partial charge in [-0.1, -0.05) is 83.0 Å². The van der Waals surface area contributed by atoms with E-state index in [9.17, 15) is 9.59 Å². The second-order valence-corrected chi connectivity index (χ2v) is 12.8. The minimum absolute atomic E-state index is 0.0371. The molecule has 4 heteroatoms. The Hall–Kier alpha value is -3.14. The molecule has 4 nitrogen and oxygen atoms in total. The predicted molar refractivity (Wildman–Crippen MR) is 167 cm³/mol. The summed E-state index contributed by atoms with van der Waals surface area (Å²) in [6.45, 7) is 12.2. The highest BCUT2D eigenvalue weighted by molar-refractivity contribution is 5.96. The van der Waals surface area contributed by atoms with Crippen LogP contribution in [0.15, 0.2) is 60.7 Å². The summed E-state index contributed by atoms with van der Waals surface area (Å²) in [7, 11) is 2.15. The third-order valence-electron chi connectivity index (χ3n) is 8.49. The number of carbonyl (C=O) groups is 2. The molecule has 1 aliphatic rings. The van der Waals surface area contributed by atoms with Crippen LogP contribution in [0.2, 0.25) is 0 Å². The van der Waals surface area contributed by atoms with Gasteiger partial charge in [0.25, 0.3) is 0 Å². The number of fused-ring (bicyclic) bond motifs is 1. The second-order valence-electron chi connectivity index (χ2n) is 12.8. The standard InChI is InChI=1S/C36H48N2O2/c1-7-8-23-38(35(40)31-19-12-18-30(31)33(39)21-22-36(3,4)5)24-13-15-27-14-11-16-28(25-27)34-26(2)29-17-9-10-20-32(29)37(34)6/h9-11,14,16-17,20-22,25,30-31H,7-8,12-13,15,18-19,23-24H2,1-6H3/b22-21-/t30?,31-/m1/s1. The Morgan fingerprint density at radius 3 is 2.45 bits per heavy atom. The average molecular weight is 541 g/mol. The molecule has 1 aromatic heterocycles. The van der Waals surface area contributed by atoms with Crippen molar-refractivity contribution in [2.75, 3.05) is 13.1 Å². The molecule has 1 fully saturated rings. The van der Waals surface area contributed by atoms with E-state index in [1.165, 1.54) is 33.3 Å². The van der Waals surface area contributed by atoms with Crippen LogP contribution < -0.4 is 0 Å². The van der Waals surface area contributed by atoms with Crippen LogP contribution in [-0.2, 0) is 23.1 Å². The number of hydrogen-bond donors (Lipinski definition) is 0. The van der Waals surface area contributed by atoms with Crippen LogP contribution in [-0.4, -0.2) is 34.2 Å². The maximum atomic E-state index is 13.8. The number of carbonyl (C=O) groups excluding carboxylic acids is 2. The number of hydrogen-bond acceptors (Lipinski definition) is 2. The summed E-state index contributed by atoms with van der Waals surface area (Å²) in [5.74, 6) is -0.0299. The molecular weight excluding hydrogens is 492 g/mol. The average Bonchev–Trinajstić information content (AvgIpc) is 3.52. The summed E-state index contributed by atoms with van der Waals surface area (Å²) < 4.78 is 2.30. The molecule has 214 valence electrons. The number of aromatic nitrogens is 1. The Balaban J connectivity index is 1.44. The SMILES string of the molecule is CCCCN(CCCc1cccc(-c2c(C)c3ccccc3n2C)c1)C(=O)[C@@H]1CCCC1C(=O)/C=C\C(C)(C)C. The van der Waals surface area contributed by atoms with Gasteiger partial charge < -0.3 is 9.47 Å². The number of rotatable bonds is 11. The highest BCUT2D eigenvalue weighted by atomic mass is 16.2. The van der Waals surface area contributed by atoms with E-state index in [2.05, 4.69) is 99.7 Å². The van der Waals surface area contributed by atoms with Gasteiger partial charge in [-0.05, 0) is 79.3 Å². The Bertz CT molecular complexity index is 1320. The summed E-state index contributed by atoms with van der Waals surface area (Å²) in [5.41, 5.74) is 6.33. The Morgan fingerprint density at radius 1 is 1.00 bits per heavy atom. The molecule has 2 atom stereocenters. The van der Waals surface area contributed by atoms with Gasteiger partial charge in [-0.15, -0.1) is 0 Å². The zero-order valence-corrected chi connectivity index (χ0v) is 25.5. The predicted octanol–water partition coefficient (Wildman–Crippen LogP) is 8.30. The number of ketones is 1. The van der Waals surface area contributed by atoms with Gasteiger partial charge in [-0.25, -0.2) is 0 Å². The third kappa shape index (κ3) is 6.95. The molecule has 0 aliphatic heterocycles. The monoisotopic (exact) mass is 540 g/mol. The van der Waals surface area contributed by atoms with E-state index >= 15 is 0 Å². The molecule has 0 radical (unpaired) electrons. The first-order chi connectivity index (χ1) is 19.1. The Labute approximate surface area is 241 Å². The van der Waals surface area contributed by atoms with Crippen molar-refractivity contribution in [3.8, 4) is 11.3 Å². The highest BCUT2D eigenvalue weighted by Gasteiger charge is 2.38. The fraction of sp³-hybridized carbons (Fsp3) is 0.500. The molecule has 1 aliphatic carbocycles. The molecule has 0 bridgehead atoms. The molecule has 2 aromatic carbocycles. The van der Waals surface area contributed by atoms with Crippen LogP contribution in [0.3, 0.4) is 0 Å². The number of unbranched alkanes of at least 4 members (excludes halogenated alkanes) is 1. The van der Waals surface area contributed by atoms with Crippen molar-refractivity contribution in [2.24, 2.45) is 24.3 Å². The van der Waals surface area contributed by atoms with E-state index in [0.717, 1.165) is 58.0 Å². The van der Waals surface area contributed by atoms with Crippen molar-refractivity contribution < 1.29 is 9.59 Å². The lowest BCUT2D eigenvalue weighted by atomic mass is 9.88. The maximum absolute atomic E-state index is 13.8. The van der Waals surface area contributed by atoms with Gasteiger partial charge in [0.15, 0.2) is 5.78 Å². The molecule has 3 aromatic rings. The Morgan fingerprint density at radius 2 is 1.73 bits per heavy atom. The number of aryl methyl sites for hydroxylation is 3. The molecule has 1 unspecified atom stereocenters. The number of para-hydroxylation sites is 1. The fourth-order valence-electron chi connectivity index (χ4n) is 6.31. The Kier molecular flexibility index (Phi) is 9.71. The largest absolute Gasteiger partial charge is 0.343 e. The van der Waals surface area contributed by atoms with E-state index in [-0.39, 0.29) is 28.9 Å². The molecule has 1 saturated carbocycles. The summed E-state index contributed by atoms with van der Waals surface area (Å²) in [5, 5.41) is 1.30. The highest BCUT2D eigenvalue weighted by Crippen LogP contribution is 2.35. The van der Waals surface area contributed by atoms with E-state index in [1.54, 1.807) is 6.08 Å². The smallest absolute Gasteiger partial charge is 0.226 e. The first kappa shape index (κ1) is 29.8. The summed E-state index contributed by atoms with van der Waals surface area (Å²) >= 11 is 0. The van der Waals surface area contributed by atoms with Gasteiger partial charge >= 0.3 is 0 Å². The maximum Gasteiger partial charge on any atom is 0.226 e. The molecule has 1 heterocycles. The van der Waals surface area contributed by atoms with E-state index in [4.69, 9.17) is 0 Å². The van der Waals surface area contributed by atoms with Crippen molar-refractivity contribution in [2.45, 2.75) is 79.6 Å². The normalized spacial score (nSPS) is 17.6. The molecular formula is C36H48N2O2. The zero-order chi connectivity index (χ0) is 28.9. The molecule has 0 spiro atoms. The van der Waals surface area contributed by atoms with Gasteiger partial charge in [-0.2, -0.15) is 0 Å². The van der Waals surface area contributed by atoms with Gasteiger partial charge in [-0.3, -0.25) is 9.59 Å². The van der Waals surface area contributed by atoms with Crippen molar-refractivity contribution in [3.05, 3.63) is 71.8 Å². The van der Waals surface area contributed by atoms with Crippen molar-refractivity contribution in [1.29, 1.82) is 0 Å². The first-order valence-corrected chi connectivity index (χ1v) is 15.3. The van der Waals surface area contributed by atoms with Crippen molar-refractivity contribution in [1.82, 2.24) is 9.47 Å². The molecule has 1 amide bonds. The zero-order valence-electron chi connectivity index (χ0n) is 25.5. The van der Waals surface area contributed by atoms with Crippen LogP contribution in [0.5, 0.6) is 0 Å². The van der Waals surface area contributed by atoms with Gasteiger partial charge in [0.05, 0.1) is 5.69 Å². The van der Waals surface area contributed by atoms with Gasteiger partial charge in [0.1, 0.15) is 0 Å². The van der Waals surface area contributed by atoms with Gasteiger partial charge in [0.2, 0.25) is 5.91 Å². The lowest BCUT2D eigenvalue weighted by Gasteiger charge is -2.28. The summed E-state index contributed by atoms with van der Waals surface area (Å²) in [6.07, 6.45) is 10.2. The quantitative estimate of drug-likeness (QED) is 0.230. The van der Waals surface area contributed by atoms with Crippen LogP contribution in [0.1, 0.15) is 77.3 Å². The topological polar surface area (TPSA) is 42.3 Å². The molecule has 40 heavy (non-hydrogen) atoms. The van der Waals surface area contributed by atoms with Gasteiger partial charge in [0, 0.05) is 42.9 Å². The van der Waals surface area contributed by atoms with E-state index in [1.807, 2.05) is 6.08 Å². The minimum Gasteiger partial charge on any atom is -0.343 e. The van der Waals surface area contributed by atoms with Crippen LogP contribution >= 0.6 is 0 Å².